The Hall–Kier alpha value is -3.16. The van der Waals surface area contributed by atoms with E-state index in [4.69, 9.17) is 5.73 Å². The standard InChI is InChI=1S/C21H28N6O2/c1-4-14-9-16(11-25-19(14)22)26-20(28)21(29)27-12-13(2)5-7-17(27)15-6-8-18(23-3)24-10-15/h6,8-11,13,17H,4-5,7,12H2,1-3H3,(H2,22,25)(H,23,24)(H,26,28)/t13-,17+/m0/s1. The fraction of sp³-hybridized carbons (Fsp3) is 0.429. The maximum atomic E-state index is 13.0. The molecule has 1 aliphatic rings. The van der Waals surface area contributed by atoms with Crippen LogP contribution in [0, 0.1) is 5.92 Å². The summed E-state index contributed by atoms with van der Waals surface area (Å²) in [4.78, 5) is 35.8. The van der Waals surface area contributed by atoms with Crippen molar-refractivity contribution in [2.24, 2.45) is 5.92 Å². The number of nitrogens with two attached hydrogens (primary N) is 1. The number of likely N-dealkylation sites (tertiary alicyclic amines) is 1. The molecule has 154 valence electrons. The third kappa shape index (κ3) is 4.64. The Morgan fingerprint density at radius 1 is 1.24 bits per heavy atom. The van der Waals surface area contributed by atoms with Gasteiger partial charge < -0.3 is 21.3 Å². The fourth-order valence-electron chi connectivity index (χ4n) is 3.66. The molecule has 0 aliphatic carbocycles. The molecule has 0 unspecified atom stereocenters. The molecule has 8 heteroatoms. The van der Waals surface area contributed by atoms with Gasteiger partial charge in [0.25, 0.3) is 0 Å². The lowest BCUT2D eigenvalue weighted by Gasteiger charge is -2.38. The number of rotatable bonds is 4. The average Bonchev–Trinajstić information content (AvgIpc) is 2.74. The minimum Gasteiger partial charge on any atom is -0.383 e. The van der Waals surface area contributed by atoms with E-state index in [9.17, 15) is 9.59 Å². The van der Waals surface area contributed by atoms with Crippen LogP contribution in [-0.4, -0.2) is 40.3 Å². The van der Waals surface area contributed by atoms with Gasteiger partial charge in [0, 0.05) is 19.8 Å². The highest BCUT2D eigenvalue weighted by Gasteiger charge is 2.34. The third-order valence-electron chi connectivity index (χ3n) is 5.34. The molecule has 3 rings (SSSR count). The lowest BCUT2D eigenvalue weighted by atomic mass is 9.90. The van der Waals surface area contributed by atoms with Crippen LogP contribution in [0.4, 0.5) is 17.3 Å². The van der Waals surface area contributed by atoms with Crippen molar-refractivity contribution in [2.75, 3.05) is 30.0 Å². The molecule has 0 aromatic carbocycles. The van der Waals surface area contributed by atoms with Gasteiger partial charge >= 0.3 is 11.8 Å². The molecule has 2 aromatic rings. The number of nitrogen functional groups attached to an aromatic ring is 1. The van der Waals surface area contributed by atoms with Crippen molar-refractivity contribution in [2.45, 2.75) is 39.2 Å². The van der Waals surface area contributed by atoms with E-state index >= 15 is 0 Å². The molecule has 1 saturated heterocycles. The quantitative estimate of drug-likeness (QED) is 0.685. The first-order chi connectivity index (χ1) is 13.9. The Balaban J connectivity index is 1.78. The normalized spacial score (nSPS) is 18.9. The number of aryl methyl sites for hydroxylation is 1. The lowest BCUT2D eigenvalue weighted by molar-refractivity contribution is -0.146. The predicted octanol–water partition coefficient (Wildman–Crippen LogP) is 2.60. The highest BCUT2D eigenvalue weighted by molar-refractivity contribution is 6.39. The van der Waals surface area contributed by atoms with Crippen LogP contribution in [0.2, 0.25) is 0 Å². The van der Waals surface area contributed by atoms with E-state index in [1.165, 1.54) is 6.20 Å². The topological polar surface area (TPSA) is 113 Å². The Morgan fingerprint density at radius 3 is 2.69 bits per heavy atom. The molecule has 4 N–H and O–H groups in total. The maximum Gasteiger partial charge on any atom is 0.313 e. The maximum absolute atomic E-state index is 13.0. The Labute approximate surface area is 170 Å². The van der Waals surface area contributed by atoms with E-state index in [2.05, 4.69) is 27.5 Å². The van der Waals surface area contributed by atoms with Crippen LogP contribution in [0.5, 0.6) is 0 Å². The number of amides is 2. The van der Waals surface area contributed by atoms with Gasteiger partial charge in [0.1, 0.15) is 11.6 Å². The van der Waals surface area contributed by atoms with Crippen LogP contribution in [0.1, 0.15) is 43.9 Å². The second-order valence-electron chi connectivity index (χ2n) is 7.46. The first-order valence-electron chi connectivity index (χ1n) is 9.93. The number of nitrogens with one attached hydrogen (secondary N) is 2. The molecule has 2 atom stereocenters. The number of nitrogens with zero attached hydrogens (tertiary/aromatic N) is 3. The molecule has 1 fully saturated rings. The largest absolute Gasteiger partial charge is 0.383 e. The number of pyridine rings is 2. The Morgan fingerprint density at radius 2 is 2.03 bits per heavy atom. The van der Waals surface area contributed by atoms with E-state index in [1.54, 1.807) is 24.2 Å². The zero-order valence-electron chi connectivity index (χ0n) is 17.1. The lowest BCUT2D eigenvalue weighted by Crippen LogP contribution is -2.46. The zero-order valence-corrected chi connectivity index (χ0v) is 17.1. The summed E-state index contributed by atoms with van der Waals surface area (Å²) in [5.41, 5.74) is 8.04. The van der Waals surface area contributed by atoms with Gasteiger partial charge in [-0.25, -0.2) is 9.97 Å². The van der Waals surface area contributed by atoms with Gasteiger partial charge in [-0.3, -0.25) is 9.59 Å². The predicted molar refractivity (Wildman–Crippen MR) is 113 cm³/mol. The van der Waals surface area contributed by atoms with E-state index < -0.39 is 11.8 Å². The Kier molecular flexibility index (Phi) is 6.31. The van der Waals surface area contributed by atoms with Gasteiger partial charge in [-0.15, -0.1) is 0 Å². The zero-order chi connectivity index (χ0) is 21.0. The van der Waals surface area contributed by atoms with Crippen molar-refractivity contribution in [3.05, 3.63) is 41.7 Å². The minimum absolute atomic E-state index is 0.168. The third-order valence-corrected chi connectivity index (χ3v) is 5.34. The molecule has 3 heterocycles. The summed E-state index contributed by atoms with van der Waals surface area (Å²) in [5.74, 6) is 0.305. The van der Waals surface area contributed by atoms with Crippen LogP contribution >= 0.6 is 0 Å². The number of piperidine rings is 1. The molecular formula is C21H28N6O2. The van der Waals surface area contributed by atoms with Crippen LogP contribution in [0.15, 0.2) is 30.6 Å². The molecule has 1 aliphatic heterocycles. The smallest absolute Gasteiger partial charge is 0.313 e. The molecule has 0 bridgehead atoms. The van der Waals surface area contributed by atoms with Gasteiger partial charge in [-0.05, 0) is 48.4 Å². The van der Waals surface area contributed by atoms with E-state index in [1.807, 2.05) is 19.1 Å². The number of carbonyl (C=O) groups is 2. The number of aromatic nitrogens is 2. The van der Waals surface area contributed by atoms with Crippen molar-refractivity contribution in [1.82, 2.24) is 14.9 Å². The van der Waals surface area contributed by atoms with E-state index in [0.29, 0.717) is 30.4 Å². The van der Waals surface area contributed by atoms with Crippen LogP contribution < -0.4 is 16.4 Å². The monoisotopic (exact) mass is 396 g/mol. The fourth-order valence-corrected chi connectivity index (χ4v) is 3.66. The summed E-state index contributed by atoms with van der Waals surface area (Å²) in [5, 5.41) is 5.66. The van der Waals surface area contributed by atoms with Crippen molar-refractivity contribution in [1.29, 1.82) is 0 Å². The second-order valence-corrected chi connectivity index (χ2v) is 7.46. The molecule has 29 heavy (non-hydrogen) atoms. The van der Waals surface area contributed by atoms with Gasteiger partial charge in [0.05, 0.1) is 17.9 Å². The summed E-state index contributed by atoms with van der Waals surface area (Å²) in [6, 6.07) is 5.42. The molecule has 2 amide bonds. The van der Waals surface area contributed by atoms with Crippen molar-refractivity contribution in [3.8, 4) is 0 Å². The molecular weight excluding hydrogens is 368 g/mol. The first kappa shape index (κ1) is 20.6. The molecule has 0 spiro atoms. The molecule has 8 nitrogen and oxygen atoms in total. The second kappa shape index (κ2) is 8.89. The van der Waals surface area contributed by atoms with E-state index in [-0.39, 0.29) is 6.04 Å². The number of hydrogen-bond acceptors (Lipinski definition) is 6. The van der Waals surface area contributed by atoms with Gasteiger partial charge in [-0.2, -0.15) is 0 Å². The van der Waals surface area contributed by atoms with Crippen LogP contribution in [0.25, 0.3) is 0 Å². The number of anilines is 3. The van der Waals surface area contributed by atoms with Gasteiger partial charge in [0.15, 0.2) is 0 Å². The van der Waals surface area contributed by atoms with Crippen LogP contribution in [0.3, 0.4) is 0 Å². The average molecular weight is 396 g/mol. The van der Waals surface area contributed by atoms with Crippen molar-refractivity contribution in [3.63, 3.8) is 0 Å². The van der Waals surface area contributed by atoms with Gasteiger partial charge in [-0.1, -0.05) is 19.9 Å². The minimum atomic E-state index is -0.669. The SMILES string of the molecule is CCc1cc(NC(=O)C(=O)N2C[C@@H](C)CC[C@@H]2c2ccc(NC)nc2)cnc1N. The Bertz CT molecular complexity index is 883. The number of carbonyl (C=O) groups excluding carboxylic acids is 2. The van der Waals surface area contributed by atoms with Crippen molar-refractivity contribution >= 4 is 29.1 Å². The summed E-state index contributed by atoms with van der Waals surface area (Å²) in [6.07, 6.45) is 5.71. The van der Waals surface area contributed by atoms with Crippen molar-refractivity contribution < 1.29 is 9.59 Å². The summed E-state index contributed by atoms with van der Waals surface area (Å²) < 4.78 is 0. The summed E-state index contributed by atoms with van der Waals surface area (Å²) in [7, 11) is 1.81. The molecule has 0 radical (unpaired) electrons. The number of hydrogen-bond donors (Lipinski definition) is 3. The molecule has 0 saturated carbocycles. The highest BCUT2D eigenvalue weighted by Crippen LogP contribution is 2.33. The summed E-state index contributed by atoms with van der Waals surface area (Å²) >= 11 is 0. The highest BCUT2D eigenvalue weighted by atomic mass is 16.2. The van der Waals surface area contributed by atoms with E-state index in [0.717, 1.165) is 29.8 Å². The van der Waals surface area contributed by atoms with Crippen LogP contribution in [-0.2, 0) is 16.0 Å². The molecule has 2 aromatic heterocycles. The van der Waals surface area contributed by atoms with Gasteiger partial charge in [0.2, 0.25) is 0 Å². The first-order valence-corrected chi connectivity index (χ1v) is 9.93. The summed E-state index contributed by atoms with van der Waals surface area (Å²) in [6.45, 7) is 4.58.